The minimum absolute atomic E-state index is 0.0967. The van der Waals surface area contributed by atoms with Gasteiger partial charge in [0.25, 0.3) is 0 Å². The number of allylic oxidation sites excluding steroid dienone is 9. The first-order valence-electron chi connectivity index (χ1n) is 10.3. The molecule has 0 rings (SSSR count). The van der Waals surface area contributed by atoms with E-state index in [2.05, 4.69) is 39.5 Å². The summed E-state index contributed by atoms with van der Waals surface area (Å²) in [6.07, 6.45) is 4.16. The molecule has 0 spiro atoms. The molecule has 0 heterocycles. The van der Waals surface area contributed by atoms with Gasteiger partial charge in [-0.15, -0.1) is 0 Å². The van der Waals surface area contributed by atoms with Gasteiger partial charge in [-0.3, -0.25) is 0 Å². The molecule has 0 aliphatic rings. The van der Waals surface area contributed by atoms with E-state index >= 15 is 0 Å². The van der Waals surface area contributed by atoms with E-state index in [1.165, 1.54) is 18.2 Å². The van der Waals surface area contributed by atoms with Crippen molar-refractivity contribution in [2.75, 3.05) is 13.2 Å². The van der Waals surface area contributed by atoms with E-state index < -0.39 is 29.3 Å². The Morgan fingerprint density at radius 3 is 1.94 bits per heavy atom. The maximum absolute atomic E-state index is 14.5. The quantitative estimate of drug-likeness (QED) is 0.185. The third kappa shape index (κ3) is 10.0. The third-order valence-electron chi connectivity index (χ3n) is 4.25. The van der Waals surface area contributed by atoms with Gasteiger partial charge in [0.15, 0.2) is 11.6 Å². The van der Waals surface area contributed by atoms with Gasteiger partial charge in [-0.2, -0.15) is 4.39 Å². The fourth-order valence-corrected chi connectivity index (χ4v) is 2.06. The minimum atomic E-state index is -1.24. The van der Waals surface area contributed by atoms with Crippen molar-refractivity contribution in [1.29, 1.82) is 0 Å². The summed E-state index contributed by atoms with van der Waals surface area (Å²) in [5, 5.41) is 0. The largest absolute Gasteiger partial charge is 0.491 e. The Morgan fingerprint density at radius 1 is 0.844 bits per heavy atom. The van der Waals surface area contributed by atoms with Crippen LogP contribution in [0.4, 0.5) is 13.2 Å². The molecule has 0 N–H and O–H groups in total. The fraction of sp³-hybridized carbons (Fsp3) is 0.333. The Kier molecular flexibility index (Phi) is 13.1. The molecule has 176 valence electrons. The number of rotatable bonds is 15. The molecule has 0 aliphatic heterocycles. The van der Waals surface area contributed by atoms with Gasteiger partial charge in [-0.05, 0) is 42.1 Å². The zero-order chi connectivity index (χ0) is 25.0. The lowest BCUT2D eigenvalue weighted by Crippen LogP contribution is -2.15. The normalized spacial score (nSPS) is 13.6. The number of halogens is 3. The van der Waals surface area contributed by atoms with Crippen molar-refractivity contribution < 1.29 is 22.6 Å². The minimum Gasteiger partial charge on any atom is -0.491 e. The summed E-state index contributed by atoms with van der Waals surface area (Å²) in [6.45, 7) is 30.1. The van der Waals surface area contributed by atoms with Crippen LogP contribution in [0.5, 0.6) is 0 Å². The molecule has 2 nitrogen and oxygen atoms in total. The second kappa shape index (κ2) is 14.3. The predicted molar refractivity (Wildman–Crippen MR) is 129 cm³/mol. The first-order valence-corrected chi connectivity index (χ1v) is 10.3. The monoisotopic (exact) mass is 448 g/mol. The van der Waals surface area contributed by atoms with Gasteiger partial charge in [0.05, 0.1) is 12.7 Å². The second-order valence-electron chi connectivity index (χ2n) is 7.67. The van der Waals surface area contributed by atoms with E-state index in [0.717, 1.165) is 0 Å². The number of hydrogen-bond donors (Lipinski definition) is 0. The molecule has 1 atom stereocenters. The molecule has 0 aromatic rings. The van der Waals surface area contributed by atoms with Crippen molar-refractivity contribution in [3.63, 3.8) is 0 Å². The molecule has 32 heavy (non-hydrogen) atoms. The zero-order valence-corrected chi connectivity index (χ0v) is 19.7. The van der Waals surface area contributed by atoms with Crippen LogP contribution in [0.3, 0.4) is 0 Å². The molecule has 0 fully saturated rings. The first-order chi connectivity index (χ1) is 14.8. The highest BCUT2D eigenvalue weighted by Crippen LogP contribution is 2.27. The highest BCUT2D eigenvalue weighted by Gasteiger charge is 2.16. The zero-order valence-electron chi connectivity index (χ0n) is 19.7. The van der Waals surface area contributed by atoms with Crippen molar-refractivity contribution in [2.45, 2.75) is 40.2 Å². The molecule has 0 radical (unpaired) electrons. The summed E-state index contributed by atoms with van der Waals surface area (Å²) in [7, 11) is 0. The van der Waals surface area contributed by atoms with E-state index in [9.17, 15) is 13.2 Å². The van der Waals surface area contributed by atoms with Gasteiger partial charge in [-0.25, -0.2) is 8.78 Å². The average molecular weight is 449 g/mol. The summed E-state index contributed by atoms with van der Waals surface area (Å²) in [6, 6.07) is 0. The van der Waals surface area contributed by atoms with Crippen molar-refractivity contribution in [2.24, 2.45) is 5.92 Å². The predicted octanol–water partition coefficient (Wildman–Crippen LogP) is 8.33. The van der Waals surface area contributed by atoms with Gasteiger partial charge in [0.1, 0.15) is 5.83 Å². The number of ether oxygens (including phenoxy) is 2. The molecule has 0 saturated heterocycles. The molecule has 1 unspecified atom stereocenters. The molecule has 0 aromatic heterocycles. The lowest BCUT2D eigenvalue weighted by molar-refractivity contribution is 0.0693. The van der Waals surface area contributed by atoms with Gasteiger partial charge >= 0.3 is 0 Å². The van der Waals surface area contributed by atoms with Crippen LogP contribution >= 0.6 is 0 Å². The fourth-order valence-electron chi connectivity index (χ4n) is 2.06. The van der Waals surface area contributed by atoms with Crippen LogP contribution < -0.4 is 0 Å². The smallest absolute Gasteiger partial charge is 0.200 e. The summed E-state index contributed by atoms with van der Waals surface area (Å²) in [5.41, 5.74) is 0.634. The van der Waals surface area contributed by atoms with Gasteiger partial charge in [-0.1, -0.05) is 72.4 Å². The Morgan fingerprint density at radius 2 is 1.41 bits per heavy atom. The highest BCUT2D eigenvalue weighted by molar-refractivity contribution is 5.52. The Labute approximate surface area is 191 Å². The summed E-state index contributed by atoms with van der Waals surface area (Å²) < 4.78 is 53.4. The number of hydrogen-bond acceptors (Lipinski definition) is 2. The topological polar surface area (TPSA) is 18.5 Å². The van der Waals surface area contributed by atoms with Crippen LogP contribution in [0.1, 0.15) is 34.1 Å². The van der Waals surface area contributed by atoms with Gasteiger partial charge in [0, 0.05) is 17.8 Å². The van der Waals surface area contributed by atoms with Crippen molar-refractivity contribution in [3.8, 4) is 0 Å². The molecule has 0 aliphatic carbocycles. The first kappa shape index (κ1) is 29.2. The van der Waals surface area contributed by atoms with Gasteiger partial charge in [0.2, 0.25) is 5.83 Å². The maximum Gasteiger partial charge on any atom is 0.200 e. The lowest BCUT2D eigenvalue weighted by Gasteiger charge is -2.16. The third-order valence-corrected chi connectivity index (χ3v) is 4.25. The summed E-state index contributed by atoms with van der Waals surface area (Å²) in [4.78, 5) is 0. The van der Waals surface area contributed by atoms with E-state index in [0.29, 0.717) is 24.5 Å². The maximum atomic E-state index is 14.5. The van der Waals surface area contributed by atoms with Crippen LogP contribution in [0, 0.1) is 5.92 Å². The van der Waals surface area contributed by atoms with Crippen molar-refractivity contribution >= 4 is 0 Å². The molecular formula is C27H35F3O2. The molecule has 0 amide bonds. The van der Waals surface area contributed by atoms with Crippen LogP contribution in [0.15, 0.2) is 109 Å². The van der Waals surface area contributed by atoms with Crippen LogP contribution in [-0.2, 0) is 9.47 Å². The summed E-state index contributed by atoms with van der Waals surface area (Å²) >= 11 is 0. The molecule has 0 saturated carbocycles. The molecule has 0 bridgehead atoms. The Balaban J connectivity index is 5.14. The SMILES string of the molecule is C=C(/C=C\C(=C)C(=C)/C(F)=C(/F)C(=C)OCCC)C(=C)/C=C(/F)C(=C)C(C)OCC(C)C. The summed E-state index contributed by atoms with van der Waals surface area (Å²) in [5.74, 6) is -3.13. The van der Waals surface area contributed by atoms with Crippen LogP contribution in [-0.4, -0.2) is 19.3 Å². The molecular weight excluding hydrogens is 413 g/mol. The second-order valence-corrected chi connectivity index (χ2v) is 7.67. The van der Waals surface area contributed by atoms with Crippen LogP contribution in [0.2, 0.25) is 0 Å². The average Bonchev–Trinajstić information content (AvgIpc) is 2.76. The lowest BCUT2D eigenvalue weighted by atomic mass is 10.0. The Bertz CT molecular complexity index is 854. The molecule has 5 heteroatoms. The van der Waals surface area contributed by atoms with Crippen molar-refractivity contribution in [1.82, 2.24) is 0 Å². The highest BCUT2D eigenvalue weighted by atomic mass is 19.2. The molecule has 0 aromatic carbocycles. The standard InChI is InChI=1S/C27H35F3O2/c1-11-14-31-24(10)27(30)26(29)21(7)19(5)13-12-18(4)20(6)15-25(28)22(8)23(9)32-16-17(2)3/h12-13,15,17,23H,4-8,10-11,14,16H2,1-3,9H3/b13-12-,25-15+,27-26-. The van der Waals surface area contributed by atoms with E-state index in [1.54, 1.807) is 6.92 Å². The van der Waals surface area contributed by atoms with E-state index in [1.807, 2.05) is 20.8 Å². The van der Waals surface area contributed by atoms with E-state index in [4.69, 9.17) is 9.47 Å². The van der Waals surface area contributed by atoms with Crippen LogP contribution in [0.25, 0.3) is 0 Å². The van der Waals surface area contributed by atoms with E-state index in [-0.39, 0.29) is 28.9 Å². The van der Waals surface area contributed by atoms with Crippen molar-refractivity contribution in [3.05, 3.63) is 109 Å². The van der Waals surface area contributed by atoms with Gasteiger partial charge < -0.3 is 9.47 Å². The Hall–Kier alpha value is -2.79.